The minimum Gasteiger partial charge on any atom is -0.396 e. The molecule has 0 spiro atoms. The highest BCUT2D eigenvalue weighted by atomic mass is 16.3. The molecule has 0 aliphatic carbocycles. The van der Waals surface area contributed by atoms with Gasteiger partial charge >= 0.3 is 0 Å². The van der Waals surface area contributed by atoms with Gasteiger partial charge < -0.3 is 10.2 Å². The Balaban J connectivity index is 3.68. The van der Waals surface area contributed by atoms with Gasteiger partial charge in [0.2, 0.25) is 0 Å². The van der Waals surface area contributed by atoms with Crippen molar-refractivity contribution >= 4 is 0 Å². The average Bonchev–Trinajstić information content (AvgIpc) is 1.64. The van der Waals surface area contributed by atoms with E-state index in [9.17, 15) is 0 Å². The Kier molecular flexibility index (Phi) is 3.82. The van der Waals surface area contributed by atoms with Crippen molar-refractivity contribution < 1.29 is 10.2 Å². The lowest BCUT2D eigenvalue weighted by molar-refractivity contribution is 0.0542. The van der Waals surface area contributed by atoms with Crippen LogP contribution < -0.4 is 0 Å². The van der Waals surface area contributed by atoms with Crippen molar-refractivity contribution in [2.45, 2.75) is 26.9 Å². The molecular formula is C7H16O2. The Morgan fingerprint density at radius 2 is 1.67 bits per heavy atom. The van der Waals surface area contributed by atoms with E-state index < -0.39 is 6.10 Å². The molecular weight excluding hydrogens is 116 g/mol. The second-order valence-corrected chi connectivity index (χ2v) is 2.83. The van der Waals surface area contributed by atoms with Crippen molar-refractivity contribution in [3.8, 4) is 0 Å². The Morgan fingerprint density at radius 1 is 1.22 bits per heavy atom. The molecule has 0 aliphatic heterocycles. The van der Waals surface area contributed by atoms with Gasteiger partial charge in [0.1, 0.15) is 0 Å². The molecule has 0 fully saturated rings. The molecule has 0 rings (SSSR count). The third-order valence-electron chi connectivity index (χ3n) is 1.69. The fourth-order valence-corrected chi connectivity index (χ4v) is 0.920. The predicted octanol–water partition coefficient (Wildman–Crippen LogP) is 0.632. The van der Waals surface area contributed by atoms with Crippen LogP contribution in [0, 0.1) is 11.8 Å². The molecule has 2 atom stereocenters. The van der Waals surface area contributed by atoms with Crippen molar-refractivity contribution in [1.82, 2.24) is 0 Å². The minimum absolute atomic E-state index is 0.0324. The third kappa shape index (κ3) is 2.82. The summed E-state index contributed by atoms with van der Waals surface area (Å²) in [5.74, 6) is 0.389. The zero-order valence-corrected chi connectivity index (χ0v) is 6.33. The number of rotatable bonds is 3. The van der Waals surface area contributed by atoms with Crippen LogP contribution >= 0.6 is 0 Å². The van der Waals surface area contributed by atoms with Gasteiger partial charge in [-0.1, -0.05) is 13.8 Å². The Morgan fingerprint density at radius 3 is 1.67 bits per heavy atom. The molecule has 0 radical (unpaired) electrons. The summed E-state index contributed by atoms with van der Waals surface area (Å²) in [4.78, 5) is 0. The number of aliphatic hydroxyl groups excluding tert-OH is 2. The minimum atomic E-state index is -0.394. The third-order valence-corrected chi connectivity index (χ3v) is 1.69. The van der Waals surface area contributed by atoms with Crippen molar-refractivity contribution in [3.63, 3.8) is 0 Å². The zero-order chi connectivity index (χ0) is 7.44. The molecule has 0 aromatic carbocycles. The maximum Gasteiger partial charge on any atom is 0.0564 e. The quantitative estimate of drug-likeness (QED) is 0.591. The molecule has 0 bridgehead atoms. The van der Waals surface area contributed by atoms with Gasteiger partial charge in [-0.05, 0) is 12.8 Å². The summed E-state index contributed by atoms with van der Waals surface area (Å²) >= 11 is 0. The first kappa shape index (κ1) is 8.92. The molecule has 0 aromatic heterocycles. The van der Waals surface area contributed by atoms with Crippen molar-refractivity contribution in [1.29, 1.82) is 0 Å². The SMILES string of the molecule is CC(C)[C@H](CO)[C@H](C)O. The van der Waals surface area contributed by atoms with E-state index in [0.29, 0.717) is 5.92 Å². The Hall–Kier alpha value is -0.0800. The van der Waals surface area contributed by atoms with Gasteiger partial charge in [-0.15, -0.1) is 0 Å². The first-order chi connectivity index (χ1) is 4.09. The molecule has 0 unspecified atom stereocenters. The molecule has 0 amide bonds. The summed E-state index contributed by atoms with van der Waals surface area (Å²) in [6.07, 6.45) is -0.394. The van der Waals surface area contributed by atoms with Crippen LogP contribution in [-0.4, -0.2) is 22.9 Å². The molecule has 2 heteroatoms. The fourth-order valence-electron chi connectivity index (χ4n) is 0.920. The van der Waals surface area contributed by atoms with Crippen LogP contribution in [0.3, 0.4) is 0 Å². The lowest BCUT2D eigenvalue weighted by Crippen LogP contribution is -2.25. The van der Waals surface area contributed by atoms with E-state index in [1.54, 1.807) is 6.92 Å². The Bertz CT molecular complexity index is 61.3. The van der Waals surface area contributed by atoms with E-state index in [2.05, 4.69) is 0 Å². The number of hydrogen-bond acceptors (Lipinski definition) is 2. The standard InChI is InChI=1S/C7H16O2/c1-5(2)7(4-8)6(3)9/h5-9H,4H2,1-3H3/t6-,7-/m0/s1. The normalized spacial score (nSPS) is 18.0. The topological polar surface area (TPSA) is 40.5 Å². The summed E-state index contributed by atoms with van der Waals surface area (Å²) in [5, 5.41) is 17.7. The molecule has 0 saturated carbocycles. The largest absolute Gasteiger partial charge is 0.396 e. The first-order valence-corrected chi connectivity index (χ1v) is 3.38. The van der Waals surface area contributed by atoms with Gasteiger partial charge in [-0.25, -0.2) is 0 Å². The van der Waals surface area contributed by atoms with E-state index in [1.807, 2.05) is 13.8 Å². The van der Waals surface area contributed by atoms with Crippen molar-refractivity contribution in [2.24, 2.45) is 11.8 Å². The van der Waals surface area contributed by atoms with Crippen LogP contribution in [0.2, 0.25) is 0 Å². The van der Waals surface area contributed by atoms with Gasteiger partial charge in [0.15, 0.2) is 0 Å². The van der Waals surface area contributed by atoms with Crippen LogP contribution in [0.5, 0.6) is 0 Å². The van der Waals surface area contributed by atoms with E-state index in [0.717, 1.165) is 0 Å². The molecule has 2 N–H and O–H groups in total. The zero-order valence-electron chi connectivity index (χ0n) is 6.33. The summed E-state index contributed by atoms with van der Waals surface area (Å²) in [7, 11) is 0. The second-order valence-electron chi connectivity index (χ2n) is 2.83. The number of aliphatic hydroxyl groups is 2. The second kappa shape index (κ2) is 3.85. The lowest BCUT2D eigenvalue weighted by atomic mass is 9.92. The summed E-state index contributed by atoms with van der Waals surface area (Å²) < 4.78 is 0. The maximum atomic E-state index is 9.02. The Labute approximate surface area is 56.5 Å². The molecule has 0 aromatic rings. The first-order valence-electron chi connectivity index (χ1n) is 3.38. The molecule has 9 heavy (non-hydrogen) atoms. The van der Waals surface area contributed by atoms with Gasteiger partial charge in [0.05, 0.1) is 6.10 Å². The predicted molar refractivity (Wildman–Crippen MR) is 37.1 cm³/mol. The molecule has 0 heterocycles. The van der Waals surface area contributed by atoms with E-state index in [4.69, 9.17) is 10.2 Å². The van der Waals surface area contributed by atoms with Gasteiger partial charge in [-0.3, -0.25) is 0 Å². The fraction of sp³-hybridized carbons (Fsp3) is 1.00. The highest BCUT2D eigenvalue weighted by Crippen LogP contribution is 2.13. The molecule has 56 valence electrons. The summed E-state index contributed by atoms with van der Waals surface area (Å²) in [5.41, 5.74) is 0. The van der Waals surface area contributed by atoms with E-state index in [-0.39, 0.29) is 12.5 Å². The smallest absolute Gasteiger partial charge is 0.0564 e. The summed E-state index contributed by atoms with van der Waals surface area (Å²) in [6.45, 7) is 5.78. The van der Waals surface area contributed by atoms with Gasteiger partial charge in [-0.2, -0.15) is 0 Å². The van der Waals surface area contributed by atoms with Crippen LogP contribution in [-0.2, 0) is 0 Å². The average molecular weight is 132 g/mol. The highest BCUT2D eigenvalue weighted by Gasteiger charge is 2.16. The summed E-state index contributed by atoms with van der Waals surface area (Å²) in [6, 6.07) is 0. The van der Waals surface area contributed by atoms with Crippen LogP contribution in [0.4, 0.5) is 0 Å². The van der Waals surface area contributed by atoms with Crippen molar-refractivity contribution in [3.05, 3.63) is 0 Å². The highest BCUT2D eigenvalue weighted by molar-refractivity contribution is 4.66. The van der Waals surface area contributed by atoms with E-state index in [1.165, 1.54) is 0 Å². The van der Waals surface area contributed by atoms with Crippen LogP contribution in [0.1, 0.15) is 20.8 Å². The van der Waals surface area contributed by atoms with E-state index >= 15 is 0 Å². The van der Waals surface area contributed by atoms with Gasteiger partial charge in [0.25, 0.3) is 0 Å². The molecule has 0 saturated heterocycles. The van der Waals surface area contributed by atoms with Crippen LogP contribution in [0.15, 0.2) is 0 Å². The van der Waals surface area contributed by atoms with Crippen LogP contribution in [0.25, 0.3) is 0 Å². The molecule has 2 nitrogen and oxygen atoms in total. The monoisotopic (exact) mass is 132 g/mol. The molecule has 0 aliphatic rings. The lowest BCUT2D eigenvalue weighted by Gasteiger charge is -2.20. The van der Waals surface area contributed by atoms with Crippen molar-refractivity contribution in [2.75, 3.05) is 6.61 Å². The maximum absolute atomic E-state index is 9.02. The number of hydrogen-bond donors (Lipinski definition) is 2. The van der Waals surface area contributed by atoms with Gasteiger partial charge in [0, 0.05) is 12.5 Å².